The van der Waals surface area contributed by atoms with Gasteiger partial charge in [0, 0.05) is 13.1 Å². The van der Waals surface area contributed by atoms with Crippen LogP contribution in [0.25, 0.3) is 0 Å². The molecule has 0 heterocycles. The number of carbonyl (C=O) groups is 2. The van der Waals surface area contributed by atoms with Crippen molar-refractivity contribution in [2.45, 2.75) is 44.9 Å². The van der Waals surface area contributed by atoms with E-state index < -0.39 is 5.97 Å². The Hall–Kier alpha value is -1.26. The van der Waals surface area contributed by atoms with E-state index in [2.05, 4.69) is 10.6 Å². The standard InChI is InChI=1S/C16H26N2O3/c19-15(20)13-3-1-2-12(13)8-17-16(21)18-9-14(10-4-5-10)11-6-7-11/h10-14H,1-9H2,(H,19,20)(H2,17,18,21). The average Bonchev–Trinajstić information content (AvgIpc) is 3.37. The molecule has 2 atom stereocenters. The van der Waals surface area contributed by atoms with E-state index in [4.69, 9.17) is 5.11 Å². The van der Waals surface area contributed by atoms with E-state index in [1.54, 1.807) is 0 Å². The Morgan fingerprint density at radius 3 is 2.24 bits per heavy atom. The molecule has 0 radical (unpaired) electrons. The van der Waals surface area contributed by atoms with Crippen LogP contribution >= 0.6 is 0 Å². The third-order valence-electron chi connectivity index (χ3n) is 5.45. The number of carbonyl (C=O) groups excluding carboxylic acids is 1. The van der Waals surface area contributed by atoms with Crippen LogP contribution in [0.1, 0.15) is 44.9 Å². The molecule has 2 unspecified atom stereocenters. The fourth-order valence-electron chi connectivity index (χ4n) is 3.87. The highest BCUT2D eigenvalue weighted by molar-refractivity contribution is 5.74. The van der Waals surface area contributed by atoms with Crippen LogP contribution < -0.4 is 10.6 Å². The zero-order chi connectivity index (χ0) is 14.8. The van der Waals surface area contributed by atoms with Gasteiger partial charge in [0.05, 0.1) is 5.92 Å². The van der Waals surface area contributed by atoms with Crippen molar-refractivity contribution in [3.8, 4) is 0 Å². The van der Waals surface area contributed by atoms with Crippen molar-refractivity contribution < 1.29 is 14.7 Å². The molecule has 0 aromatic carbocycles. The number of urea groups is 1. The minimum Gasteiger partial charge on any atom is -0.481 e. The number of carboxylic acids is 1. The highest BCUT2D eigenvalue weighted by atomic mass is 16.4. The van der Waals surface area contributed by atoms with E-state index in [0.29, 0.717) is 12.5 Å². The Labute approximate surface area is 125 Å². The predicted octanol–water partition coefficient (Wildman–Crippen LogP) is 2.22. The second kappa shape index (κ2) is 6.24. The van der Waals surface area contributed by atoms with E-state index >= 15 is 0 Å². The van der Waals surface area contributed by atoms with Crippen molar-refractivity contribution in [1.82, 2.24) is 10.6 Å². The van der Waals surface area contributed by atoms with Gasteiger partial charge in [-0.2, -0.15) is 0 Å². The molecule has 21 heavy (non-hydrogen) atoms. The largest absolute Gasteiger partial charge is 0.481 e. The molecule has 3 N–H and O–H groups in total. The van der Waals surface area contributed by atoms with Crippen molar-refractivity contribution in [1.29, 1.82) is 0 Å². The molecule has 118 valence electrons. The number of nitrogens with one attached hydrogen (secondary N) is 2. The molecule has 3 rings (SSSR count). The van der Waals surface area contributed by atoms with Crippen molar-refractivity contribution in [3.63, 3.8) is 0 Å². The molecule has 3 aliphatic rings. The first kappa shape index (κ1) is 14.7. The highest BCUT2D eigenvalue weighted by Crippen LogP contribution is 2.48. The zero-order valence-electron chi connectivity index (χ0n) is 12.5. The van der Waals surface area contributed by atoms with Crippen molar-refractivity contribution in [2.75, 3.05) is 13.1 Å². The third-order valence-corrected chi connectivity index (χ3v) is 5.45. The highest BCUT2D eigenvalue weighted by Gasteiger charge is 2.41. The van der Waals surface area contributed by atoms with Crippen molar-refractivity contribution >= 4 is 12.0 Å². The number of hydrogen-bond donors (Lipinski definition) is 3. The molecule has 0 spiro atoms. The van der Waals surface area contributed by atoms with E-state index in [1.807, 2.05) is 0 Å². The van der Waals surface area contributed by atoms with Crippen LogP contribution in [-0.2, 0) is 4.79 Å². The Bertz CT molecular complexity index is 392. The molecule has 0 aromatic heterocycles. The van der Waals surface area contributed by atoms with Gasteiger partial charge in [-0.1, -0.05) is 6.42 Å². The van der Waals surface area contributed by atoms with Crippen LogP contribution in [0.2, 0.25) is 0 Å². The molecular weight excluding hydrogens is 268 g/mol. The van der Waals surface area contributed by atoms with E-state index in [9.17, 15) is 9.59 Å². The maximum atomic E-state index is 11.9. The van der Waals surface area contributed by atoms with Gasteiger partial charge >= 0.3 is 12.0 Å². The van der Waals surface area contributed by atoms with Gasteiger partial charge in [-0.05, 0) is 62.2 Å². The summed E-state index contributed by atoms with van der Waals surface area (Å²) in [6.45, 7) is 1.27. The van der Waals surface area contributed by atoms with Crippen LogP contribution in [0.3, 0.4) is 0 Å². The molecule has 3 saturated carbocycles. The van der Waals surface area contributed by atoms with Crippen molar-refractivity contribution in [3.05, 3.63) is 0 Å². The Morgan fingerprint density at radius 2 is 1.67 bits per heavy atom. The van der Waals surface area contributed by atoms with Crippen LogP contribution in [0, 0.1) is 29.6 Å². The van der Waals surface area contributed by atoms with Crippen molar-refractivity contribution in [2.24, 2.45) is 29.6 Å². The molecule has 3 aliphatic carbocycles. The molecular formula is C16H26N2O3. The summed E-state index contributed by atoms with van der Waals surface area (Å²) in [6, 6.07) is -0.127. The van der Waals surface area contributed by atoms with Gasteiger partial charge in [0.1, 0.15) is 0 Å². The third kappa shape index (κ3) is 3.89. The van der Waals surface area contributed by atoms with Gasteiger partial charge < -0.3 is 15.7 Å². The Morgan fingerprint density at radius 1 is 1.00 bits per heavy atom. The number of aliphatic carboxylic acids is 1. The van der Waals surface area contributed by atoms with E-state index in [-0.39, 0.29) is 17.9 Å². The summed E-state index contributed by atoms with van der Waals surface area (Å²) < 4.78 is 0. The van der Waals surface area contributed by atoms with Gasteiger partial charge in [-0.25, -0.2) is 4.79 Å². The lowest BCUT2D eigenvalue weighted by Gasteiger charge is -2.19. The first-order valence-electron chi connectivity index (χ1n) is 8.39. The summed E-state index contributed by atoms with van der Waals surface area (Å²) in [7, 11) is 0. The molecule has 2 amide bonds. The minimum atomic E-state index is -0.720. The van der Waals surface area contributed by atoms with Gasteiger partial charge in [0.15, 0.2) is 0 Å². The number of rotatable bonds is 7. The fourth-order valence-corrected chi connectivity index (χ4v) is 3.87. The Kier molecular flexibility index (Phi) is 4.36. The first-order chi connectivity index (χ1) is 10.1. The summed E-state index contributed by atoms with van der Waals surface area (Å²) in [5, 5.41) is 15.0. The SMILES string of the molecule is O=C(NCC1CCCC1C(=O)O)NCC(C1CC1)C1CC1. The summed E-state index contributed by atoms with van der Waals surface area (Å²) in [5.41, 5.74) is 0. The second-order valence-corrected chi connectivity index (χ2v) is 7.07. The topological polar surface area (TPSA) is 78.4 Å². The molecule has 5 heteroatoms. The second-order valence-electron chi connectivity index (χ2n) is 7.07. The van der Waals surface area contributed by atoms with E-state index in [1.165, 1.54) is 25.7 Å². The zero-order valence-corrected chi connectivity index (χ0v) is 12.5. The van der Waals surface area contributed by atoms with Crippen LogP contribution in [0.4, 0.5) is 4.79 Å². The van der Waals surface area contributed by atoms with Gasteiger partial charge in [-0.3, -0.25) is 4.79 Å². The lowest BCUT2D eigenvalue weighted by atomic mass is 9.96. The predicted molar refractivity (Wildman–Crippen MR) is 78.8 cm³/mol. The van der Waals surface area contributed by atoms with Crippen LogP contribution in [-0.4, -0.2) is 30.2 Å². The molecule has 0 saturated heterocycles. The lowest BCUT2D eigenvalue weighted by molar-refractivity contribution is -0.142. The summed E-state index contributed by atoms with van der Waals surface area (Å²) in [4.78, 5) is 23.0. The minimum absolute atomic E-state index is 0.0934. The number of carboxylic acid groups (broad SMARTS) is 1. The monoisotopic (exact) mass is 294 g/mol. The smallest absolute Gasteiger partial charge is 0.314 e. The summed E-state index contributed by atoms with van der Waals surface area (Å²) >= 11 is 0. The quantitative estimate of drug-likeness (QED) is 0.673. The fraction of sp³-hybridized carbons (Fsp3) is 0.875. The maximum Gasteiger partial charge on any atom is 0.314 e. The van der Waals surface area contributed by atoms with Crippen LogP contribution in [0.5, 0.6) is 0 Å². The lowest BCUT2D eigenvalue weighted by Crippen LogP contribution is -2.42. The molecule has 5 nitrogen and oxygen atoms in total. The number of hydrogen-bond acceptors (Lipinski definition) is 2. The maximum absolute atomic E-state index is 11.9. The van der Waals surface area contributed by atoms with Crippen LogP contribution in [0.15, 0.2) is 0 Å². The van der Waals surface area contributed by atoms with Gasteiger partial charge in [-0.15, -0.1) is 0 Å². The molecule has 0 aliphatic heterocycles. The summed E-state index contributed by atoms with van der Waals surface area (Å²) in [6.07, 6.45) is 7.91. The molecule has 0 aromatic rings. The van der Waals surface area contributed by atoms with E-state index in [0.717, 1.165) is 37.6 Å². The number of amides is 2. The van der Waals surface area contributed by atoms with Gasteiger partial charge in [0.2, 0.25) is 0 Å². The first-order valence-corrected chi connectivity index (χ1v) is 8.39. The average molecular weight is 294 g/mol. The molecule has 3 fully saturated rings. The van der Waals surface area contributed by atoms with Gasteiger partial charge in [0.25, 0.3) is 0 Å². The summed E-state index contributed by atoms with van der Waals surface area (Å²) in [5.74, 6) is 1.44. The normalized spacial score (nSPS) is 28.6. The molecule has 0 bridgehead atoms. The Balaban J connectivity index is 1.37.